The van der Waals surface area contributed by atoms with Crippen molar-refractivity contribution in [2.75, 3.05) is 17.4 Å². The number of amides is 1. The third-order valence-corrected chi connectivity index (χ3v) is 7.69. The van der Waals surface area contributed by atoms with Crippen molar-refractivity contribution in [3.05, 3.63) is 46.8 Å². The third-order valence-electron chi connectivity index (χ3n) is 5.59. The summed E-state index contributed by atoms with van der Waals surface area (Å²) in [6.07, 6.45) is 2.60. The van der Waals surface area contributed by atoms with Gasteiger partial charge in [0.1, 0.15) is 4.90 Å². The molecule has 0 aliphatic carbocycles. The molecule has 1 amide bonds. The fraction of sp³-hybridized carbons (Fsp3) is 0.450. The number of aromatic nitrogens is 1. The summed E-state index contributed by atoms with van der Waals surface area (Å²) in [5, 5.41) is 0. The molecule has 0 radical (unpaired) electrons. The first kappa shape index (κ1) is 18.1. The number of carbonyl (C=O) groups excluding carboxylic acids is 1. The summed E-state index contributed by atoms with van der Waals surface area (Å²) >= 11 is 0. The van der Waals surface area contributed by atoms with Crippen LogP contribution in [0, 0.1) is 13.8 Å². The minimum atomic E-state index is -3.86. The normalized spacial score (nSPS) is 19.6. The molecule has 2 aliphatic heterocycles. The van der Waals surface area contributed by atoms with Gasteiger partial charge in [0, 0.05) is 30.5 Å². The number of H-pyrrole nitrogens is 1. The molecule has 1 atom stereocenters. The van der Waals surface area contributed by atoms with Gasteiger partial charge in [-0.05, 0) is 51.7 Å². The van der Waals surface area contributed by atoms with E-state index < -0.39 is 10.0 Å². The van der Waals surface area contributed by atoms with Gasteiger partial charge in [0.2, 0.25) is 0 Å². The van der Waals surface area contributed by atoms with Crippen LogP contribution in [0.15, 0.2) is 29.2 Å². The second-order valence-corrected chi connectivity index (χ2v) is 9.31. The topological polar surface area (TPSA) is 73.5 Å². The Morgan fingerprint density at radius 3 is 2.48 bits per heavy atom. The van der Waals surface area contributed by atoms with Crippen LogP contribution in [0.4, 0.5) is 5.69 Å². The van der Waals surface area contributed by atoms with E-state index in [1.807, 2.05) is 31.2 Å². The van der Waals surface area contributed by atoms with Gasteiger partial charge in [-0.2, -0.15) is 0 Å². The summed E-state index contributed by atoms with van der Waals surface area (Å²) in [5.41, 5.74) is 3.16. The van der Waals surface area contributed by atoms with Crippen LogP contribution < -0.4 is 4.31 Å². The van der Waals surface area contributed by atoms with E-state index >= 15 is 0 Å². The van der Waals surface area contributed by atoms with Crippen molar-refractivity contribution in [2.24, 2.45) is 0 Å². The molecule has 1 aromatic heterocycles. The highest BCUT2D eigenvalue weighted by atomic mass is 32.2. The van der Waals surface area contributed by atoms with Gasteiger partial charge < -0.3 is 9.88 Å². The van der Waals surface area contributed by atoms with Crippen molar-refractivity contribution in [2.45, 2.75) is 51.0 Å². The number of nitrogens with one attached hydrogen (secondary N) is 1. The van der Waals surface area contributed by atoms with Gasteiger partial charge in [0.25, 0.3) is 15.9 Å². The number of sulfonamides is 1. The number of anilines is 1. The summed E-state index contributed by atoms with van der Waals surface area (Å²) in [6, 6.07) is 7.40. The molecule has 7 heteroatoms. The first-order valence-corrected chi connectivity index (χ1v) is 10.9. The molecule has 4 rings (SSSR count). The monoisotopic (exact) mass is 387 g/mol. The summed E-state index contributed by atoms with van der Waals surface area (Å²) < 4.78 is 28.9. The van der Waals surface area contributed by atoms with Crippen molar-refractivity contribution < 1.29 is 13.2 Å². The van der Waals surface area contributed by atoms with Gasteiger partial charge in [-0.15, -0.1) is 0 Å². The number of fused-ring (bicyclic) bond motifs is 1. The number of rotatable bonds is 3. The lowest BCUT2D eigenvalue weighted by Gasteiger charge is -2.25. The molecule has 27 heavy (non-hydrogen) atoms. The zero-order chi connectivity index (χ0) is 19.3. The van der Waals surface area contributed by atoms with Crippen LogP contribution in [0.1, 0.15) is 47.1 Å². The Balaban J connectivity index is 1.85. The smallest absolute Gasteiger partial charge is 0.267 e. The SMILES string of the molecule is Cc1[nH]c(C)c(S(=O)(=O)N2c3ccccc3CC2C)c1C(=O)N1CCCC1. The van der Waals surface area contributed by atoms with Gasteiger partial charge in [-0.25, -0.2) is 8.42 Å². The summed E-state index contributed by atoms with van der Waals surface area (Å²) in [5.74, 6) is -0.187. The second-order valence-electron chi connectivity index (χ2n) is 7.56. The molecule has 1 unspecified atom stereocenters. The van der Waals surface area contributed by atoms with Crippen LogP contribution >= 0.6 is 0 Å². The van der Waals surface area contributed by atoms with E-state index in [1.54, 1.807) is 18.7 Å². The molecule has 2 aliphatic rings. The number of likely N-dealkylation sites (tertiary alicyclic amines) is 1. The molecule has 0 saturated carbocycles. The number of hydrogen-bond acceptors (Lipinski definition) is 3. The van der Waals surface area contributed by atoms with Crippen molar-refractivity contribution in [1.29, 1.82) is 0 Å². The molecule has 1 saturated heterocycles. The molecule has 1 N–H and O–H groups in total. The Hall–Kier alpha value is -2.28. The molecule has 3 heterocycles. The lowest BCUT2D eigenvalue weighted by molar-refractivity contribution is 0.0788. The number of nitrogens with zero attached hydrogens (tertiary/aromatic N) is 2. The highest BCUT2D eigenvalue weighted by Crippen LogP contribution is 2.39. The average molecular weight is 388 g/mol. The summed E-state index contributed by atoms with van der Waals surface area (Å²) in [6.45, 7) is 6.79. The van der Waals surface area contributed by atoms with Crippen molar-refractivity contribution in [3.8, 4) is 0 Å². The Morgan fingerprint density at radius 1 is 1.11 bits per heavy atom. The van der Waals surface area contributed by atoms with Crippen LogP contribution in [0.2, 0.25) is 0 Å². The molecule has 1 aromatic carbocycles. The van der Waals surface area contributed by atoms with Crippen molar-refractivity contribution >= 4 is 21.6 Å². The first-order chi connectivity index (χ1) is 12.8. The van der Waals surface area contributed by atoms with Crippen LogP contribution in [-0.4, -0.2) is 43.3 Å². The lowest BCUT2D eigenvalue weighted by atomic mass is 10.1. The summed E-state index contributed by atoms with van der Waals surface area (Å²) in [4.78, 5) is 18.1. The zero-order valence-electron chi connectivity index (χ0n) is 15.9. The third kappa shape index (κ3) is 2.76. The zero-order valence-corrected chi connectivity index (χ0v) is 16.8. The highest BCUT2D eigenvalue weighted by Gasteiger charge is 2.40. The molecule has 6 nitrogen and oxygen atoms in total. The minimum Gasteiger partial charge on any atom is -0.361 e. The van der Waals surface area contributed by atoms with E-state index in [4.69, 9.17) is 0 Å². The molecule has 1 fully saturated rings. The number of benzene rings is 1. The Morgan fingerprint density at radius 2 is 1.78 bits per heavy atom. The molecular formula is C20H25N3O3S. The average Bonchev–Trinajstić information content (AvgIpc) is 3.30. The Kier molecular flexibility index (Phi) is 4.29. The van der Waals surface area contributed by atoms with Crippen LogP contribution in [0.5, 0.6) is 0 Å². The molecule has 144 valence electrons. The van der Waals surface area contributed by atoms with Gasteiger partial charge in [0.05, 0.1) is 11.3 Å². The highest BCUT2D eigenvalue weighted by molar-refractivity contribution is 7.93. The maximum absolute atomic E-state index is 13.7. The van der Waals surface area contributed by atoms with Crippen LogP contribution in [0.25, 0.3) is 0 Å². The first-order valence-electron chi connectivity index (χ1n) is 9.43. The number of carbonyl (C=O) groups is 1. The fourth-order valence-electron chi connectivity index (χ4n) is 4.42. The molecular weight excluding hydrogens is 362 g/mol. The lowest BCUT2D eigenvalue weighted by Crippen LogP contribution is -2.37. The number of para-hydroxylation sites is 1. The van der Waals surface area contributed by atoms with E-state index in [1.165, 1.54) is 4.31 Å². The summed E-state index contributed by atoms with van der Waals surface area (Å²) in [7, 11) is -3.86. The van der Waals surface area contributed by atoms with E-state index in [0.717, 1.165) is 18.4 Å². The van der Waals surface area contributed by atoms with Gasteiger partial charge >= 0.3 is 0 Å². The number of aryl methyl sites for hydroxylation is 2. The number of hydrogen-bond donors (Lipinski definition) is 1. The van der Waals surface area contributed by atoms with E-state index in [2.05, 4.69) is 4.98 Å². The Labute approximate surface area is 160 Å². The molecule has 0 spiro atoms. The van der Waals surface area contributed by atoms with E-state index in [-0.39, 0.29) is 16.8 Å². The minimum absolute atomic E-state index is 0.125. The van der Waals surface area contributed by atoms with Crippen LogP contribution in [-0.2, 0) is 16.4 Å². The predicted molar refractivity (Wildman–Crippen MR) is 105 cm³/mol. The maximum Gasteiger partial charge on any atom is 0.267 e. The van der Waals surface area contributed by atoms with Crippen LogP contribution in [0.3, 0.4) is 0 Å². The fourth-order valence-corrected chi connectivity index (χ4v) is 6.54. The largest absolute Gasteiger partial charge is 0.361 e. The van der Waals surface area contributed by atoms with Gasteiger partial charge in [-0.3, -0.25) is 9.10 Å². The molecule has 2 aromatic rings. The Bertz CT molecular complexity index is 1000. The molecule has 0 bridgehead atoms. The van der Waals surface area contributed by atoms with E-state index in [0.29, 0.717) is 42.1 Å². The maximum atomic E-state index is 13.7. The number of aromatic amines is 1. The standard InChI is InChI=1S/C20H25N3O3S/c1-13-12-16-8-4-5-9-17(16)23(13)27(25,26)19-15(3)21-14(2)18(19)20(24)22-10-6-7-11-22/h4-5,8-9,13,21H,6-7,10-12H2,1-3H3. The van der Waals surface area contributed by atoms with E-state index in [9.17, 15) is 13.2 Å². The predicted octanol–water partition coefficient (Wildman–Crippen LogP) is 3.01. The van der Waals surface area contributed by atoms with Gasteiger partial charge in [-0.1, -0.05) is 18.2 Å². The van der Waals surface area contributed by atoms with Gasteiger partial charge in [0.15, 0.2) is 0 Å². The van der Waals surface area contributed by atoms with Crippen molar-refractivity contribution in [3.63, 3.8) is 0 Å². The quantitative estimate of drug-likeness (QED) is 0.880. The second kappa shape index (κ2) is 6.41. The van der Waals surface area contributed by atoms with Crippen molar-refractivity contribution in [1.82, 2.24) is 9.88 Å².